The lowest BCUT2D eigenvalue weighted by molar-refractivity contribution is -0.123. The van der Waals surface area contributed by atoms with Crippen LogP contribution in [0.2, 0.25) is 0 Å². The van der Waals surface area contributed by atoms with E-state index >= 15 is 0 Å². The monoisotopic (exact) mass is 287 g/mol. The molecule has 0 saturated carbocycles. The van der Waals surface area contributed by atoms with E-state index in [0.29, 0.717) is 12.2 Å². The van der Waals surface area contributed by atoms with Crippen LogP contribution in [0.25, 0.3) is 0 Å². The van der Waals surface area contributed by atoms with Gasteiger partial charge in [-0.3, -0.25) is 14.3 Å². The molecule has 1 aromatic heterocycles. The van der Waals surface area contributed by atoms with Gasteiger partial charge in [0.15, 0.2) is 0 Å². The van der Waals surface area contributed by atoms with E-state index in [1.165, 1.54) is 0 Å². The highest BCUT2D eigenvalue weighted by atomic mass is 16.2. The predicted molar refractivity (Wildman–Crippen MR) is 78.2 cm³/mol. The Morgan fingerprint density at radius 1 is 1.33 bits per heavy atom. The number of amides is 2. The molecule has 0 bridgehead atoms. The van der Waals surface area contributed by atoms with E-state index in [0.717, 1.165) is 5.56 Å². The molecule has 2 rings (SSSR count). The van der Waals surface area contributed by atoms with Gasteiger partial charge in [0.2, 0.25) is 11.8 Å². The molecule has 1 aromatic carbocycles. The molecule has 0 fully saturated rings. The maximum atomic E-state index is 11.8. The van der Waals surface area contributed by atoms with E-state index in [4.69, 9.17) is 11.5 Å². The van der Waals surface area contributed by atoms with Crippen molar-refractivity contribution in [1.82, 2.24) is 9.78 Å². The number of carbonyl (C=O) groups excluding carboxylic acids is 2. The minimum atomic E-state index is -0.947. The molecule has 0 aliphatic rings. The van der Waals surface area contributed by atoms with E-state index in [9.17, 15) is 9.59 Å². The first-order valence-corrected chi connectivity index (χ1v) is 6.45. The summed E-state index contributed by atoms with van der Waals surface area (Å²) in [6, 6.07) is 8.23. The SMILES string of the molecule is NC(=O)CC(N)C(=O)Nc1cccc(Cn2cccn2)c1. The zero-order chi connectivity index (χ0) is 15.2. The van der Waals surface area contributed by atoms with Gasteiger partial charge in [-0.15, -0.1) is 0 Å². The van der Waals surface area contributed by atoms with Gasteiger partial charge in [-0.1, -0.05) is 12.1 Å². The van der Waals surface area contributed by atoms with Crippen LogP contribution in [0.1, 0.15) is 12.0 Å². The first kappa shape index (κ1) is 14.7. The summed E-state index contributed by atoms with van der Waals surface area (Å²) in [6.07, 6.45) is 3.38. The van der Waals surface area contributed by atoms with E-state index in [-0.39, 0.29) is 6.42 Å². The fourth-order valence-electron chi connectivity index (χ4n) is 1.87. The third-order valence-corrected chi connectivity index (χ3v) is 2.86. The minimum absolute atomic E-state index is 0.182. The third kappa shape index (κ3) is 4.43. The average molecular weight is 287 g/mol. The highest BCUT2D eigenvalue weighted by Crippen LogP contribution is 2.12. The summed E-state index contributed by atoms with van der Waals surface area (Å²) in [6.45, 7) is 0.601. The zero-order valence-corrected chi connectivity index (χ0v) is 11.4. The average Bonchev–Trinajstić information content (AvgIpc) is 2.91. The van der Waals surface area contributed by atoms with E-state index < -0.39 is 17.9 Å². The van der Waals surface area contributed by atoms with Gasteiger partial charge in [-0.25, -0.2) is 0 Å². The minimum Gasteiger partial charge on any atom is -0.370 e. The second kappa shape index (κ2) is 6.67. The molecule has 2 aromatic rings. The first-order valence-electron chi connectivity index (χ1n) is 6.45. The van der Waals surface area contributed by atoms with Crippen LogP contribution in [-0.2, 0) is 16.1 Å². The van der Waals surface area contributed by atoms with Crippen molar-refractivity contribution in [3.05, 3.63) is 48.3 Å². The van der Waals surface area contributed by atoms with E-state index in [1.807, 2.05) is 30.5 Å². The fraction of sp³-hybridized carbons (Fsp3) is 0.214. The Labute approximate surface area is 121 Å². The number of rotatable bonds is 6. The van der Waals surface area contributed by atoms with Gasteiger partial charge in [-0.2, -0.15) is 5.10 Å². The summed E-state index contributed by atoms with van der Waals surface area (Å²) in [5.74, 6) is -1.05. The molecule has 0 aliphatic heterocycles. The molecular weight excluding hydrogens is 270 g/mol. The van der Waals surface area contributed by atoms with Crippen LogP contribution in [0.4, 0.5) is 5.69 Å². The van der Waals surface area contributed by atoms with Gasteiger partial charge >= 0.3 is 0 Å². The maximum absolute atomic E-state index is 11.8. The highest BCUT2D eigenvalue weighted by Gasteiger charge is 2.16. The van der Waals surface area contributed by atoms with Crippen LogP contribution < -0.4 is 16.8 Å². The highest BCUT2D eigenvalue weighted by molar-refractivity contribution is 5.97. The van der Waals surface area contributed by atoms with Crippen molar-refractivity contribution in [2.75, 3.05) is 5.32 Å². The number of aromatic nitrogens is 2. The molecule has 7 nitrogen and oxygen atoms in total. The van der Waals surface area contributed by atoms with Gasteiger partial charge in [0.05, 0.1) is 19.0 Å². The topological polar surface area (TPSA) is 116 Å². The number of hydrogen-bond donors (Lipinski definition) is 3. The Morgan fingerprint density at radius 2 is 2.14 bits per heavy atom. The van der Waals surface area contributed by atoms with Gasteiger partial charge < -0.3 is 16.8 Å². The normalized spacial score (nSPS) is 11.9. The van der Waals surface area contributed by atoms with Crippen LogP contribution in [0.15, 0.2) is 42.7 Å². The number of nitrogens with two attached hydrogens (primary N) is 2. The van der Waals surface area contributed by atoms with Crippen LogP contribution in [0.3, 0.4) is 0 Å². The lowest BCUT2D eigenvalue weighted by atomic mass is 10.1. The standard InChI is InChI=1S/C14H17N5O2/c15-12(8-13(16)20)14(21)18-11-4-1-3-10(7-11)9-19-6-2-5-17-19/h1-7,12H,8-9,15H2,(H2,16,20)(H,18,21). The Morgan fingerprint density at radius 3 is 2.81 bits per heavy atom. The summed E-state index contributed by atoms with van der Waals surface area (Å²) in [7, 11) is 0. The van der Waals surface area contributed by atoms with Gasteiger partial charge in [-0.05, 0) is 23.8 Å². The van der Waals surface area contributed by atoms with Gasteiger partial charge in [0.25, 0.3) is 0 Å². The predicted octanol–water partition coefficient (Wildman–Crippen LogP) is 0.0726. The second-order valence-corrected chi connectivity index (χ2v) is 4.67. The number of nitrogens with one attached hydrogen (secondary N) is 1. The smallest absolute Gasteiger partial charge is 0.241 e. The number of nitrogens with zero attached hydrogens (tertiary/aromatic N) is 2. The van der Waals surface area contributed by atoms with Crippen molar-refractivity contribution in [2.45, 2.75) is 19.0 Å². The molecule has 1 heterocycles. The Bertz CT molecular complexity index is 624. The first-order chi connectivity index (χ1) is 10.0. The Balaban J connectivity index is 2.00. The lowest BCUT2D eigenvalue weighted by Crippen LogP contribution is -2.39. The zero-order valence-electron chi connectivity index (χ0n) is 11.4. The summed E-state index contributed by atoms with van der Waals surface area (Å²) >= 11 is 0. The molecular formula is C14H17N5O2. The number of anilines is 1. The number of primary amides is 1. The van der Waals surface area contributed by atoms with Crippen LogP contribution in [0, 0.1) is 0 Å². The largest absolute Gasteiger partial charge is 0.370 e. The molecule has 0 aliphatic carbocycles. The van der Waals surface area contributed by atoms with Crippen molar-refractivity contribution in [2.24, 2.45) is 11.5 Å². The maximum Gasteiger partial charge on any atom is 0.241 e. The number of benzene rings is 1. The summed E-state index contributed by atoms with van der Waals surface area (Å²) < 4.78 is 1.78. The summed E-state index contributed by atoms with van der Waals surface area (Å²) in [5.41, 5.74) is 12.2. The molecule has 1 unspecified atom stereocenters. The van der Waals surface area contributed by atoms with Gasteiger partial charge in [0, 0.05) is 18.1 Å². The Kier molecular flexibility index (Phi) is 4.68. The van der Waals surface area contributed by atoms with Crippen molar-refractivity contribution in [3.63, 3.8) is 0 Å². The van der Waals surface area contributed by atoms with Crippen molar-refractivity contribution in [1.29, 1.82) is 0 Å². The number of hydrogen-bond acceptors (Lipinski definition) is 4. The molecule has 5 N–H and O–H groups in total. The van der Waals surface area contributed by atoms with Crippen molar-refractivity contribution >= 4 is 17.5 Å². The summed E-state index contributed by atoms with van der Waals surface area (Å²) in [5, 5.41) is 6.79. The fourth-order valence-corrected chi connectivity index (χ4v) is 1.87. The molecule has 2 amide bonds. The molecule has 21 heavy (non-hydrogen) atoms. The lowest BCUT2D eigenvalue weighted by Gasteiger charge is -2.11. The molecule has 110 valence electrons. The van der Waals surface area contributed by atoms with Crippen LogP contribution >= 0.6 is 0 Å². The molecule has 0 saturated heterocycles. The van der Waals surface area contributed by atoms with Crippen molar-refractivity contribution in [3.8, 4) is 0 Å². The van der Waals surface area contributed by atoms with Crippen LogP contribution in [-0.4, -0.2) is 27.6 Å². The molecule has 0 radical (unpaired) electrons. The van der Waals surface area contributed by atoms with E-state index in [1.54, 1.807) is 16.9 Å². The summed E-state index contributed by atoms with van der Waals surface area (Å²) in [4.78, 5) is 22.6. The third-order valence-electron chi connectivity index (χ3n) is 2.86. The molecule has 0 spiro atoms. The molecule has 7 heteroatoms. The molecule has 1 atom stereocenters. The van der Waals surface area contributed by atoms with Gasteiger partial charge in [0.1, 0.15) is 0 Å². The quantitative estimate of drug-likeness (QED) is 0.697. The Hall–Kier alpha value is -2.67. The number of carbonyl (C=O) groups is 2. The second-order valence-electron chi connectivity index (χ2n) is 4.67. The van der Waals surface area contributed by atoms with E-state index in [2.05, 4.69) is 10.4 Å². The van der Waals surface area contributed by atoms with Crippen molar-refractivity contribution < 1.29 is 9.59 Å². The van der Waals surface area contributed by atoms with Crippen LogP contribution in [0.5, 0.6) is 0 Å².